The lowest BCUT2D eigenvalue weighted by atomic mass is 10.1. The van der Waals surface area contributed by atoms with E-state index in [0.717, 1.165) is 5.56 Å². The van der Waals surface area contributed by atoms with E-state index in [1.165, 1.54) is 14.2 Å². The van der Waals surface area contributed by atoms with Crippen LogP contribution < -0.4 is 20.1 Å². The van der Waals surface area contributed by atoms with Crippen LogP contribution in [0.1, 0.15) is 28.9 Å². The fourth-order valence-electron chi connectivity index (χ4n) is 4.57. The van der Waals surface area contributed by atoms with Crippen molar-refractivity contribution >= 4 is 28.7 Å². The number of nitrogens with zero attached hydrogens (tertiary/aromatic N) is 1. The van der Waals surface area contributed by atoms with Gasteiger partial charge in [-0.3, -0.25) is 4.79 Å². The van der Waals surface area contributed by atoms with Gasteiger partial charge in [0.2, 0.25) is 5.91 Å². The second-order valence-electron chi connectivity index (χ2n) is 8.72. The van der Waals surface area contributed by atoms with E-state index in [2.05, 4.69) is 22.2 Å². The molecule has 1 saturated heterocycles. The molecule has 10 heteroatoms. The Bertz CT molecular complexity index is 1200. The van der Waals surface area contributed by atoms with Crippen molar-refractivity contribution in [2.24, 2.45) is 5.92 Å². The first-order valence-corrected chi connectivity index (χ1v) is 11.3. The van der Waals surface area contributed by atoms with Crippen molar-refractivity contribution < 1.29 is 33.3 Å². The van der Waals surface area contributed by atoms with Crippen LogP contribution in [0.3, 0.4) is 0 Å². The number of aryl methyl sites for hydroxylation is 1. The van der Waals surface area contributed by atoms with Crippen molar-refractivity contribution in [3.05, 3.63) is 42.1 Å². The molecule has 2 aliphatic rings. The van der Waals surface area contributed by atoms with Gasteiger partial charge in [0.1, 0.15) is 23.1 Å². The second kappa shape index (κ2) is 9.53. The summed E-state index contributed by atoms with van der Waals surface area (Å²) in [6.45, 7) is 5.98. The van der Waals surface area contributed by atoms with E-state index in [1.54, 1.807) is 19.3 Å². The molecule has 0 bridgehead atoms. The van der Waals surface area contributed by atoms with E-state index in [1.807, 2.05) is 19.1 Å². The maximum atomic E-state index is 12.9. The quantitative estimate of drug-likeness (QED) is 0.426. The summed E-state index contributed by atoms with van der Waals surface area (Å²) >= 11 is 0. The molecule has 1 amide bonds. The first-order chi connectivity index (χ1) is 16.8. The van der Waals surface area contributed by atoms with Gasteiger partial charge in [0, 0.05) is 35.9 Å². The predicted molar refractivity (Wildman–Crippen MR) is 126 cm³/mol. The van der Waals surface area contributed by atoms with Crippen LogP contribution >= 0.6 is 0 Å². The minimum atomic E-state index is -1.05. The Hall–Kier alpha value is -3.66. The number of amides is 1. The summed E-state index contributed by atoms with van der Waals surface area (Å²) in [5.74, 6) is -0.446. The Morgan fingerprint density at radius 2 is 1.97 bits per heavy atom. The van der Waals surface area contributed by atoms with Crippen LogP contribution in [-0.2, 0) is 19.1 Å². The first kappa shape index (κ1) is 24.5. The Balaban J connectivity index is 1.54. The van der Waals surface area contributed by atoms with Crippen molar-refractivity contribution in [1.29, 1.82) is 0 Å². The highest BCUT2D eigenvalue weighted by Crippen LogP contribution is 2.45. The summed E-state index contributed by atoms with van der Waals surface area (Å²) in [7, 11) is 4.15. The van der Waals surface area contributed by atoms with Crippen LogP contribution in [0.2, 0.25) is 0 Å². The van der Waals surface area contributed by atoms with Gasteiger partial charge in [-0.25, -0.2) is 14.6 Å². The van der Waals surface area contributed by atoms with Crippen molar-refractivity contribution in [2.45, 2.75) is 37.5 Å². The van der Waals surface area contributed by atoms with Crippen molar-refractivity contribution in [3.63, 3.8) is 0 Å². The number of benzene rings is 1. The molecule has 2 heterocycles. The zero-order chi connectivity index (χ0) is 25.3. The number of methoxy groups -OCH3 is 3. The summed E-state index contributed by atoms with van der Waals surface area (Å²) in [6, 6.07) is 4.62. The molecule has 1 aliphatic heterocycles. The van der Waals surface area contributed by atoms with Crippen LogP contribution in [0.25, 0.3) is 10.9 Å². The van der Waals surface area contributed by atoms with Gasteiger partial charge >= 0.3 is 11.9 Å². The van der Waals surface area contributed by atoms with Gasteiger partial charge in [-0.05, 0) is 25.5 Å². The highest BCUT2D eigenvalue weighted by molar-refractivity contribution is 5.96. The summed E-state index contributed by atoms with van der Waals surface area (Å²) < 4.78 is 21.4. The van der Waals surface area contributed by atoms with Crippen LogP contribution in [-0.4, -0.2) is 68.4 Å². The van der Waals surface area contributed by atoms with E-state index in [9.17, 15) is 14.4 Å². The molecule has 1 aromatic carbocycles. The number of aromatic nitrogens is 1. The third-order valence-electron chi connectivity index (χ3n) is 6.66. The molecule has 1 saturated carbocycles. The summed E-state index contributed by atoms with van der Waals surface area (Å²) in [5.41, 5.74) is 0.376. The third-order valence-corrected chi connectivity index (χ3v) is 6.66. The van der Waals surface area contributed by atoms with Crippen molar-refractivity contribution in [1.82, 2.24) is 15.6 Å². The largest absolute Gasteiger partial charge is 0.496 e. The monoisotopic (exact) mass is 483 g/mol. The number of ether oxygens (including phenoxy) is 4. The molecule has 10 nitrogen and oxygen atoms in total. The highest BCUT2D eigenvalue weighted by atomic mass is 16.5. The molecule has 1 aromatic heterocycles. The molecule has 2 fully saturated rings. The Morgan fingerprint density at radius 1 is 1.20 bits per heavy atom. The predicted octanol–water partition coefficient (Wildman–Crippen LogP) is 1.68. The van der Waals surface area contributed by atoms with Crippen molar-refractivity contribution in [2.75, 3.05) is 27.9 Å². The fraction of sp³-hybridized carbons (Fsp3) is 0.440. The van der Waals surface area contributed by atoms with Gasteiger partial charge in [-0.15, -0.1) is 6.58 Å². The van der Waals surface area contributed by atoms with E-state index in [4.69, 9.17) is 18.9 Å². The van der Waals surface area contributed by atoms with Gasteiger partial charge in [-0.1, -0.05) is 6.08 Å². The first-order valence-electron chi connectivity index (χ1n) is 11.3. The van der Waals surface area contributed by atoms with E-state index >= 15 is 0 Å². The van der Waals surface area contributed by atoms with Crippen LogP contribution in [0, 0.1) is 12.8 Å². The summed E-state index contributed by atoms with van der Waals surface area (Å²) in [5, 5.41) is 6.70. The maximum Gasteiger partial charge on any atom is 0.356 e. The highest BCUT2D eigenvalue weighted by Gasteiger charge is 2.61. The summed E-state index contributed by atoms with van der Waals surface area (Å²) in [4.78, 5) is 41.9. The number of rotatable bonds is 8. The second-order valence-corrected chi connectivity index (χ2v) is 8.72. The molecule has 35 heavy (non-hydrogen) atoms. The molecule has 2 N–H and O–H groups in total. The van der Waals surface area contributed by atoms with E-state index in [0.29, 0.717) is 41.8 Å². The topological polar surface area (TPSA) is 125 Å². The smallest absolute Gasteiger partial charge is 0.356 e. The average Bonchev–Trinajstić information content (AvgIpc) is 3.38. The minimum Gasteiger partial charge on any atom is -0.496 e. The molecule has 4 rings (SSSR count). The van der Waals surface area contributed by atoms with Gasteiger partial charge in [0.25, 0.3) is 0 Å². The van der Waals surface area contributed by atoms with Gasteiger partial charge in [-0.2, -0.15) is 0 Å². The number of esters is 2. The zero-order valence-corrected chi connectivity index (χ0v) is 20.2. The average molecular weight is 484 g/mol. The number of carbonyl (C=O) groups excluding carboxylic acids is 3. The molecule has 1 aliphatic carbocycles. The molecule has 4 atom stereocenters. The number of carbonyl (C=O) groups is 3. The van der Waals surface area contributed by atoms with Crippen LogP contribution in [0.15, 0.2) is 30.9 Å². The van der Waals surface area contributed by atoms with E-state index < -0.39 is 23.5 Å². The lowest BCUT2D eigenvalue weighted by Gasteiger charge is -2.19. The SMILES string of the molecule is C=C[C@@H]1C[C@]1(NC(=O)[C@@H]1C[C@@H](Oc2cc(C(=O)OC)nc3c(C)c(OC)ccc23)CN1)C(=O)OC. The molecular weight excluding hydrogens is 454 g/mol. The standard InChI is InChI=1S/C25H29N3O7/c1-6-14-11-25(14,24(31)34-5)28-22(29)17-9-15(12-26-17)35-20-10-18(23(30)33-4)27-21-13(2)19(32-3)8-7-16(20)21/h6-8,10,14-15,17,26H,1,9,11-12H2,2-5H3,(H,28,29)/t14-,15-,17+,25-/m1/s1. The number of fused-ring (bicyclic) bond motifs is 1. The number of hydrogen-bond acceptors (Lipinski definition) is 9. The normalized spacial score (nSPS) is 25.0. The molecular formula is C25H29N3O7. The number of pyridine rings is 1. The Morgan fingerprint density at radius 3 is 2.60 bits per heavy atom. The molecule has 0 spiro atoms. The zero-order valence-electron chi connectivity index (χ0n) is 20.2. The number of nitrogens with one attached hydrogen (secondary N) is 2. The molecule has 2 aromatic rings. The lowest BCUT2D eigenvalue weighted by Crippen LogP contribution is -2.51. The summed E-state index contributed by atoms with van der Waals surface area (Å²) in [6.07, 6.45) is 2.13. The lowest BCUT2D eigenvalue weighted by molar-refractivity contribution is -0.147. The third kappa shape index (κ3) is 4.41. The number of hydrogen-bond donors (Lipinski definition) is 2. The Labute approximate surface area is 203 Å². The molecule has 186 valence electrons. The van der Waals surface area contributed by atoms with Crippen molar-refractivity contribution in [3.8, 4) is 11.5 Å². The minimum absolute atomic E-state index is 0.107. The Kier molecular flexibility index (Phi) is 6.66. The fourth-order valence-corrected chi connectivity index (χ4v) is 4.57. The van der Waals surface area contributed by atoms with E-state index in [-0.39, 0.29) is 23.6 Å². The maximum absolute atomic E-state index is 12.9. The molecule has 0 unspecified atom stereocenters. The van der Waals surface area contributed by atoms with Crippen LogP contribution in [0.4, 0.5) is 0 Å². The van der Waals surface area contributed by atoms with Gasteiger partial charge < -0.3 is 29.6 Å². The van der Waals surface area contributed by atoms with Gasteiger partial charge in [0.05, 0.1) is 32.9 Å². The molecule has 0 radical (unpaired) electrons. The van der Waals surface area contributed by atoms with Gasteiger partial charge in [0.15, 0.2) is 5.69 Å². The van der Waals surface area contributed by atoms with Crippen LogP contribution in [0.5, 0.6) is 11.5 Å².